The molecule has 4 nitrogen and oxygen atoms in total. The summed E-state index contributed by atoms with van der Waals surface area (Å²) in [5.74, 6) is -65.1. The second kappa shape index (κ2) is 15.4. The van der Waals surface area contributed by atoms with E-state index in [0.717, 1.165) is 18.2 Å². The van der Waals surface area contributed by atoms with Crippen LogP contribution in [0.5, 0.6) is 0 Å². The van der Waals surface area contributed by atoms with Crippen LogP contribution in [0.3, 0.4) is 0 Å². The third-order valence-electron chi connectivity index (χ3n) is 8.90. The van der Waals surface area contributed by atoms with Crippen molar-refractivity contribution in [3.05, 3.63) is 70.3 Å². The molecule has 0 aliphatic carbocycles. The number of nitrogens with one attached hydrogen (secondary N) is 2. The van der Waals surface area contributed by atoms with Gasteiger partial charge >= 0.3 is 72.1 Å². The number of alkyl halides is 28. The van der Waals surface area contributed by atoms with Gasteiger partial charge in [0.25, 0.3) is 0 Å². The van der Waals surface area contributed by atoms with E-state index in [1.165, 1.54) is 0 Å². The fraction of sp³-hybridized carbons (Fsp3) is 0.375. The summed E-state index contributed by atoms with van der Waals surface area (Å²) in [6.45, 7) is 0. The Labute approximate surface area is 362 Å². The van der Waals surface area contributed by atoms with Crippen molar-refractivity contribution in [3.8, 4) is 0 Å². The summed E-state index contributed by atoms with van der Waals surface area (Å²) < 4.78 is 408. The average Bonchev–Trinajstić information content (AvgIpc) is 3.90. The van der Waals surface area contributed by atoms with E-state index in [1.54, 1.807) is 0 Å². The van der Waals surface area contributed by atoms with Gasteiger partial charge in [0.1, 0.15) is 0 Å². The van der Waals surface area contributed by atoms with Crippen molar-refractivity contribution >= 4 is 45.4 Å². The number of rotatable bonds is 8. The van der Waals surface area contributed by atoms with Gasteiger partial charge in [-0.25, -0.2) is 9.97 Å². The Kier molecular flexibility index (Phi) is 12.6. The molecule has 0 fully saturated rings. The summed E-state index contributed by atoms with van der Waals surface area (Å²) in [4.78, 5) is 8.36. The molecule has 357 valence electrons. The van der Waals surface area contributed by atoms with Gasteiger partial charge in [-0.2, -0.15) is 123 Å². The number of aromatic amines is 2. The molecule has 2 aliphatic heterocycles. The van der Waals surface area contributed by atoms with Crippen LogP contribution in [0.2, 0.25) is 0 Å². The average molecular weight is 1070 g/mol. The van der Waals surface area contributed by atoms with E-state index in [4.69, 9.17) is 0 Å². The molecule has 1 radical (unpaired) electrons. The zero-order valence-electron chi connectivity index (χ0n) is 29.7. The van der Waals surface area contributed by atoms with Gasteiger partial charge in [0, 0.05) is 49.3 Å². The quantitative estimate of drug-likeness (QED) is 0.173. The molecule has 3 aromatic rings. The van der Waals surface area contributed by atoms with Gasteiger partial charge in [-0.1, -0.05) is 0 Å². The van der Waals surface area contributed by atoms with Gasteiger partial charge in [0.05, 0.1) is 50.6 Å². The number of fused-ring (bicyclic) bond motifs is 8. The molecule has 5 heterocycles. The van der Waals surface area contributed by atoms with Crippen molar-refractivity contribution in [1.82, 2.24) is 19.9 Å². The van der Waals surface area contributed by atoms with Gasteiger partial charge in [-0.3, -0.25) is 0 Å². The van der Waals surface area contributed by atoms with Gasteiger partial charge in [-0.05, 0) is 48.6 Å². The monoisotopic (exact) mass is 1070 g/mol. The van der Waals surface area contributed by atoms with Crippen LogP contribution in [0.4, 0.5) is 123 Å². The smallest absolute Gasteiger partial charge is 0.355 e. The maximum Gasteiger partial charge on any atom is 0.460 e. The van der Waals surface area contributed by atoms with Gasteiger partial charge in [0.2, 0.25) is 0 Å². The summed E-state index contributed by atoms with van der Waals surface area (Å²) in [5.41, 5.74) is -34.6. The summed E-state index contributed by atoms with van der Waals surface area (Å²) in [5, 5.41) is 0. The first-order valence-electron chi connectivity index (χ1n) is 15.8. The molecule has 0 saturated heterocycles. The Hall–Kier alpha value is -4.26. The fourth-order valence-corrected chi connectivity index (χ4v) is 5.78. The third kappa shape index (κ3) is 8.01. The minimum Gasteiger partial charge on any atom is -0.355 e. The van der Waals surface area contributed by atoms with Crippen molar-refractivity contribution in [2.24, 2.45) is 0 Å². The molecule has 0 unspecified atom stereocenters. The standard InChI is InChI=1S/C32H10F28N4.Y/c33-21(34,25(41,42)29(49,50)51)14-7-13-6-11-2-1-9(61-11)5-10-3-4-12(62-10)8-15-16(22(35,36)26(43,44)30(52,53)54)17(23(37,38)27(45,46)31(55,56)57)20(64-15)18(19(14)63-13)24(39,40)28(47,48)32(58,59)60;/h1-8,61,63H;. The Bertz CT molecular complexity index is 2580. The third-order valence-corrected chi connectivity index (χ3v) is 8.90. The van der Waals surface area contributed by atoms with Crippen LogP contribution in [0, 0.1) is 0 Å². The Morgan fingerprint density at radius 2 is 0.754 bits per heavy atom. The topological polar surface area (TPSA) is 57.4 Å². The van der Waals surface area contributed by atoms with Gasteiger partial charge < -0.3 is 9.97 Å². The first-order valence-corrected chi connectivity index (χ1v) is 15.8. The summed E-state index contributed by atoms with van der Waals surface area (Å²) in [7, 11) is 0. The number of halogens is 28. The van der Waals surface area contributed by atoms with Gasteiger partial charge in [-0.15, -0.1) is 0 Å². The molecule has 3 aromatic heterocycles. The number of allylic oxidation sites excluding steroid dienone is 2. The van der Waals surface area contributed by atoms with E-state index in [-0.39, 0.29) is 44.3 Å². The minimum absolute atomic E-state index is 0. The van der Waals surface area contributed by atoms with E-state index in [0.29, 0.717) is 17.1 Å². The van der Waals surface area contributed by atoms with Crippen LogP contribution in [0.1, 0.15) is 33.9 Å². The second-order valence-corrected chi connectivity index (χ2v) is 13.2. The summed E-state index contributed by atoms with van der Waals surface area (Å²) in [6.07, 6.45) is -31.0. The summed E-state index contributed by atoms with van der Waals surface area (Å²) >= 11 is 0. The molecule has 2 aliphatic rings. The fourth-order valence-electron chi connectivity index (χ4n) is 5.78. The number of H-pyrrole nitrogens is 2. The van der Waals surface area contributed by atoms with Crippen LogP contribution < -0.4 is 0 Å². The van der Waals surface area contributed by atoms with Crippen LogP contribution in [0.25, 0.3) is 45.4 Å². The van der Waals surface area contributed by atoms with Crippen LogP contribution in [0.15, 0.2) is 36.4 Å². The predicted molar refractivity (Wildman–Crippen MR) is 158 cm³/mol. The predicted octanol–water partition coefficient (Wildman–Crippen LogP) is 13.6. The van der Waals surface area contributed by atoms with E-state index < -0.39 is 146 Å². The SMILES string of the molecule is FC(F)(F)C(F)(F)C(F)(F)C1=C(C(F)(F)C(F)(F)C(F)(F)F)c2nc1cc1nc(cc3ccc(cc4cc(C(F)(F)C(F)(F)C(F)(F)F)c([nH]4)c2C(F)(F)C(F)(F)C(F)(F)F)[nH]3)C=C1.[Y]. The van der Waals surface area contributed by atoms with Crippen LogP contribution in [-0.2, 0) is 44.6 Å². The van der Waals surface area contributed by atoms with Crippen molar-refractivity contribution < 1.29 is 156 Å². The van der Waals surface area contributed by atoms with Crippen molar-refractivity contribution in [2.75, 3.05) is 0 Å². The molecule has 0 amide bonds. The maximum absolute atomic E-state index is 16.2. The Morgan fingerprint density at radius 3 is 1.20 bits per heavy atom. The first kappa shape index (κ1) is 53.4. The molecule has 65 heavy (non-hydrogen) atoms. The Morgan fingerprint density at radius 1 is 0.369 bits per heavy atom. The molecular weight excluding hydrogens is 1060 g/mol. The summed E-state index contributed by atoms with van der Waals surface area (Å²) in [6, 6.07) is 0.524. The van der Waals surface area contributed by atoms with Crippen molar-refractivity contribution in [2.45, 2.75) is 72.1 Å². The van der Waals surface area contributed by atoms with Crippen molar-refractivity contribution in [1.29, 1.82) is 0 Å². The van der Waals surface area contributed by atoms with E-state index in [1.807, 2.05) is 4.98 Å². The van der Waals surface area contributed by atoms with Crippen LogP contribution >= 0.6 is 0 Å². The molecule has 33 heteroatoms. The Balaban J connectivity index is 0.00000925. The van der Waals surface area contributed by atoms with E-state index in [9.17, 15) is 87.8 Å². The molecule has 2 N–H and O–H groups in total. The first-order chi connectivity index (χ1) is 28.3. The maximum atomic E-state index is 16.2. The normalized spacial score (nSPS) is 15.8. The zero-order valence-corrected chi connectivity index (χ0v) is 32.5. The zero-order chi connectivity index (χ0) is 49.4. The van der Waals surface area contributed by atoms with E-state index >= 15 is 35.1 Å². The molecule has 0 atom stereocenters. The van der Waals surface area contributed by atoms with Crippen molar-refractivity contribution in [3.63, 3.8) is 0 Å². The second-order valence-electron chi connectivity index (χ2n) is 13.2. The number of nitrogens with zero attached hydrogens (tertiary/aromatic N) is 2. The number of hydrogen-bond acceptors (Lipinski definition) is 2. The number of aromatic nitrogens is 4. The number of hydrogen-bond donors (Lipinski definition) is 2. The largest absolute Gasteiger partial charge is 0.460 e. The molecule has 0 saturated carbocycles. The molecular formula is C32H10F28N4Y. The minimum atomic E-state index is -8.44. The van der Waals surface area contributed by atoms with Gasteiger partial charge in [0.15, 0.2) is 0 Å². The van der Waals surface area contributed by atoms with E-state index in [2.05, 4.69) is 9.97 Å². The molecule has 0 spiro atoms. The molecule has 5 rings (SSSR count). The van der Waals surface area contributed by atoms with Crippen LogP contribution in [-0.4, -0.2) is 80.2 Å². The molecule has 0 aromatic carbocycles. The molecule has 8 bridgehead atoms.